The Morgan fingerprint density at radius 3 is 2.08 bits per heavy atom. The molecule has 0 spiro atoms. The zero-order valence-corrected chi connectivity index (χ0v) is 6.91. The molecule has 0 amide bonds. The fourth-order valence-electron chi connectivity index (χ4n) is 0.720. The van der Waals surface area contributed by atoms with Crippen molar-refractivity contribution >= 4 is 11.9 Å². The van der Waals surface area contributed by atoms with E-state index >= 15 is 0 Å². The van der Waals surface area contributed by atoms with Gasteiger partial charge in [-0.05, 0) is 6.92 Å². The molecular weight excluding hydrogens is 182 g/mol. The third kappa shape index (κ3) is 3.83. The number of carboxylic acids is 2. The average molecular weight is 193 g/mol. The van der Waals surface area contributed by atoms with Gasteiger partial charge in [0, 0.05) is 0 Å². The van der Waals surface area contributed by atoms with Gasteiger partial charge in [0.25, 0.3) is 0 Å². The Morgan fingerprint density at radius 1 is 1.38 bits per heavy atom. The van der Waals surface area contributed by atoms with Gasteiger partial charge in [0.1, 0.15) is 12.3 Å². The van der Waals surface area contributed by atoms with Crippen molar-refractivity contribution in [1.29, 1.82) is 0 Å². The maximum Gasteiger partial charge on any atom is 0.324 e. The summed E-state index contributed by atoms with van der Waals surface area (Å²) in [6.45, 7) is 1.12. The van der Waals surface area contributed by atoms with Crippen LogP contribution in [0.1, 0.15) is 13.3 Å². The van der Waals surface area contributed by atoms with Gasteiger partial charge in [0.05, 0.1) is 6.42 Å². The Bertz CT molecular complexity index is 203. The molecule has 0 heterocycles. The number of carbonyl (C=O) groups is 2. The summed E-state index contributed by atoms with van der Waals surface area (Å²) in [4.78, 5) is 20.6. The molecule has 0 aromatic carbocycles. The van der Waals surface area contributed by atoms with Gasteiger partial charge in [0.2, 0.25) is 0 Å². The average Bonchev–Trinajstić information content (AvgIpc) is 1.97. The highest BCUT2D eigenvalue weighted by Gasteiger charge is 2.29. The second kappa shape index (κ2) is 4.75. The molecule has 0 fully saturated rings. The van der Waals surface area contributed by atoms with Gasteiger partial charge >= 0.3 is 11.9 Å². The first-order chi connectivity index (χ1) is 5.86. The molecule has 0 aromatic rings. The van der Waals surface area contributed by atoms with Crippen LogP contribution in [-0.4, -0.2) is 49.8 Å². The van der Waals surface area contributed by atoms with Crippen molar-refractivity contribution in [3.8, 4) is 0 Å². The van der Waals surface area contributed by atoms with Crippen LogP contribution >= 0.6 is 0 Å². The van der Waals surface area contributed by atoms with Crippen LogP contribution in [0.3, 0.4) is 0 Å². The summed E-state index contributed by atoms with van der Waals surface area (Å²) in [5.74, 6) is -2.88. The Hall–Kier alpha value is -1.18. The van der Waals surface area contributed by atoms with Gasteiger partial charge in [-0.15, -0.1) is 5.06 Å². The molecule has 0 aromatic heterocycles. The number of aliphatic hydroxyl groups excluding tert-OH is 1. The van der Waals surface area contributed by atoms with Crippen LogP contribution in [0.25, 0.3) is 0 Å². The standard InChI is InChI=1S/C6H11NO6/c1-3(8)7(13)4(6(11)12)2-5(9)10/h3-4,8,13H,2H2,1H3,(H,9,10)(H,11,12). The van der Waals surface area contributed by atoms with Crippen LogP contribution < -0.4 is 0 Å². The smallest absolute Gasteiger partial charge is 0.324 e. The lowest BCUT2D eigenvalue weighted by Crippen LogP contribution is -2.45. The summed E-state index contributed by atoms with van der Waals surface area (Å²) in [5.41, 5.74) is 0. The predicted octanol–water partition coefficient (Wildman–Crippen LogP) is -1.06. The van der Waals surface area contributed by atoms with Crippen LogP contribution in [0.5, 0.6) is 0 Å². The maximum absolute atomic E-state index is 10.4. The zero-order valence-electron chi connectivity index (χ0n) is 6.91. The highest BCUT2D eigenvalue weighted by atomic mass is 16.5. The van der Waals surface area contributed by atoms with Crippen molar-refractivity contribution in [2.75, 3.05) is 0 Å². The normalized spacial score (nSPS) is 15.4. The van der Waals surface area contributed by atoms with Crippen LogP contribution in [0.15, 0.2) is 0 Å². The molecule has 0 aliphatic heterocycles. The summed E-state index contributed by atoms with van der Waals surface area (Å²) >= 11 is 0. The SMILES string of the molecule is CC(O)N(O)C(CC(=O)O)C(=O)O. The molecular formula is C6H11NO6. The lowest BCUT2D eigenvalue weighted by Gasteiger charge is -2.23. The Balaban J connectivity index is 4.41. The lowest BCUT2D eigenvalue weighted by molar-refractivity contribution is -0.223. The zero-order chi connectivity index (χ0) is 10.6. The third-order valence-corrected chi connectivity index (χ3v) is 1.36. The van der Waals surface area contributed by atoms with Crippen LogP contribution in [0.4, 0.5) is 0 Å². The van der Waals surface area contributed by atoms with E-state index < -0.39 is 30.6 Å². The van der Waals surface area contributed by atoms with Gasteiger partial charge in [-0.2, -0.15) is 0 Å². The van der Waals surface area contributed by atoms with Crippen molar-refractivity contribution in [2.24, 2.45) is 0 Å². The minimum Gasteiger partial charge on any atom is -0.481 e. The van der Waals surface area contributed by atoms with Crippen LogP contribution in [-0.2, 0) is 9.59 Å². The number of hydrogen-bond donors (Lipinski definition) is 4. The number of nitrogens with zero attached hydrogens (tertiary/aromatic N) is 1. The monoisotopic (exact) mass is 193 g/mol. The fraction of sp³-hybridized carbons (Fsp3) is 0.667. The van der Waals surface area contributed by atoms with Crippen molar-refractivity contribution in [2.45, 2.75) is 25.6 Å². The second-order valence-corrected chi connectivity index (χ2v) is 2.46. The molecule has 4 N–H and O–H groups in total. The van der Waals surface area contributed by atoms with Gasteiger partial charge < -0.3 is 20.5 Å². The summed E-state index contributed by atoms with van der Waals surface area (Å²) in [7, 11) is 0. The van der Waals surface area contributed by atoms with E-state index in [1.807, 2.05) is 0 Å². The number of aliphatic carboxylic acids is 2. The summed E-state index contributed by atoms with van der Waals surface area (Å²) in [6.07, 6.45) is -2.21. The Morgan fingerprint density at radius 2 is 1.85 bits per heavy atom. The summed E-state index contributed by atoms with van der Waals surface area (Å²) < 4.78 is 0. The van der Waals surface area contributed by atoms with Crippen molar-refractivity contribution in [1.82, 2.24) is 5.06 Å². The predicted molar refractivity (Wildman–Crippen MR) is 39.0 cm³/mol. The van der Waals surface area contributed by atoms with E-state index in [1.54, 1.807) is 0 Å². The highest BCUT2D eigenvalue weighted by molar-refractivity contribution is 5.80. The van der Waals surface area contributed by atoms with Gasteiger partial charge in [-0.25, -0.2) is 0 Å². The van der Waals surface area contributed by atoms with E-state index in [1.165, 1.54) is 0 Å². The van der Waals surface area contributed by atoms with E-state index in [2.05, 4.69) is 0 Å². The molecule has 0 aliphatic rings. The third-order valence-electron chi connectivity index (χ3n) is 1.36. The molecule has 0 saturated carbocycles. The largest absolute Gasteiger partial charge is 0.481 e. The molecule has 13 heavy (non-hydrogen) atoms. The van der Waals surface area contributed by atoms with Gasteiger partial charge in [0.15, 0.2) is 0 Å². The van der Waals surface area contributed by atoms with Crippen molar-refractivity contribution in [3.05, 3.63) is 0 Å². The number of rotatable bonds is 5. The summed E-state index contributed by atoms with van der Waals surface area (Å²) in [5, 5.41) is 34.5. The summed E-state index contributed by atoms with van der Waals surface area (Å²) in [6, 6.07) is -1.64. The molecule has 76 valence electrons. The highest BCUT2D eigenvalue weighted by Crippen LogP contribution is 2.05. The van der Waals surface area contributed by atoms with E-state index in [9.17, 15) is 9.59 Å². The van der Waals surface area contributed by atoms with Gasteiger partial charge in [-0.1, -0.05) is 0 Å². The molecule has 0 bridgehead atoms. The van der Waals surface area contributed by atoms with Gasteiger partial charge in [-0.3, -0.25) is 9.59 Å². The van der Waals surface area contributed by atoms with Crippen molar-refractivity contribution < 1.29 is 30.1 Å². The number of hydrogen-bond acceptors (Lipinski definition) is 5. The molecule has 7 heteroatoms. The molecule has 0 radical (unpaired) electrons. The topological polar surface area (TPSA) is 118 Å². The van der Waals surface area contributed by atoms with E-state index in [0.29, 0.717) is 0 Å². The van der Waals surface area contributed by atoms with Crippen molar-refractivity contribution in [3.63, 3.8) is 0 Å². The Kier molecular flexibility index (Phi) is 4.32. The lowest BCUT2D eigenvalue weighted by atomic mass is 10.2. The molecule has 0 aliphatic carbocycles. The molecule has 7 nitrogen and oxygen atoms in total. The number of hydroxylamine groups is 2. The first-order valence-corrected chi connectivity index (χ1v) is 3.46. The van der Waals surface area contributed by atoms with E-state index in [-0.39, 0.29) is 5.06 Å². The Labute approximate surface area is 73.8 Å². The number of aliphatic hydroxyl groups is 1. The maximum atomic E-state index is 10.4. The van der Waals surface area contributed by atoms with E-state index in [4.69, 9.17) is 20.5 Å². The quantitative estimate of drug-likeness (QED) is 0.324. The molecule has 2 unspecified atom stereocenters. The first-order valence-electron chi connectivity index (χ1n) is 3.46. The molecule has 0 saturated heterocycles. The first kappa shape index (κ1) is 11.8. The minimum absolute atomic E-state index is 0.0798. The van der Waals surface area contributed by atoms with E-state index in [0.717, 1.165) is 6.92 Å². The molecule has 0 rings (SSSR count). The molecule has 2 atom stereocenters. The fourth-order valence-corrected chi connectivity index (χ4v) is 0.720. The number of carboxylic acid groups (broad SMARTS) is 2. The minimum atomic E-state index is -1.64. The van der Waals surface area contributed by atoms with Crippen LogP contribution in [0.2, 0.25) is 0 Å². The second-order valence-electron chi connectivity index (χ2n) is 2.46. The van der Waals surface area contributed by atoms with Crippen LogP contribution in [0, 0.1) is 0 Å².